The second-order valence-electron chi connectivity index (χ2n) is 8.03. The van der Waals surface area contributed by atoms with Gasteiger partial charge in [0.05, 0.1) is 6.54 Å². The summed E-state index contributed by atoms with van der Waals surface area (Å²) in [4.78, 5) is 12.9. The Morgan fingerprint density at radius 2 is 1.91 bits per heavy atom. The SMILES string of the molecule is O=CCCc1ccc(NCc2cccc3c2CCCN3CCOc2ccccc2)cc1F. The predicted octanol–water partition coefficient (Wildman–Crippen LogP) is 5.40. The van der Waals surface area contributed by atoms with Crippen LogP contribution in [0.4, 0.5) is 15.8 Å². The maximum Gasteiger partial charge on any atom is 0.128 e. The van der Waals surface area contributed by atoms with E-state index in [0.29, 0.717) is 31.6 Å². The van der Waals surface area contributed by atoms with Crippen LogP contribution in [0.1, 0.15) is 29.5 Å². The smallest absolute Gasteiger partial charge is 0.128 e. The fourth-order valence-corrected chi connectivity index (χ4v) is 4.23. The van der Waals surface area contributed by atoms with E-state index in [1.165, 1.54) is 22.9 Å². The molecule has 0 bridgehead atoms. The molecular formula is C27H29FN2O2. The summed E-state index contributed by atoms with van der Waals surface area (Å²) in [6.45, 7) is 3.15. The molecule has 5 heteroatoms. The number of carbonyl (C=O) groups excluding carboxylic acids is 1. The molecule has 0 amide bonds. The summed E-state index contributed by atoms with van der Waals surface area (Å²) in [5.74, 6) is 0.628. The van der Waals surface area contributed by atoms with Crippen molar-refractivity contribution in [1.82, 2.24) is 0 Å². The molecule has 4 rings (SSSR count). The third-order valence-corrected chi connectivity index (χ3v) is 5.88. The number of rotatable bonds is 10. The summed E-state index contributed by atoms with van der Waals surface area (Å²) in [7, 11) is 0. The normalized spacial score (nSPS) is 12.8. The lowest BCUT2D eigenvalue weighted by molar-refractivity contribution is -0.107. The van der Waals surface area contributed by atoms with Crippen molar-refractivity contribution in [2.75, 3.05) is 29.9 Å². The van der Waals surface area contributed by atoms with Crippen molar-refractivity contribution < 1.29 is 13.9 Å². The maximum absolute atomic E-state index is 14.3. The molecule has 0 aromatic heterocycles. The first-order valence-corrected chi connectivity index (χ1v) is 11.2. The Hall–Kier alpha value is -3.34. The number of aryl methyl sites for hydroxylation is 1. The average Bonchev–Trinajstić information content (AvgIpc) is 2.83. The summed E-state index contributed by atoms with van der Waals surface area (Å²) in [6.07, 6.45) is 3.75. The zero-order valence-corrected chi connectivity index (χ0v) is 18.2. The van der Waals surface area contributed by atoms with Crippen LogP contribution in [-0.4, -0.2) is 26.0 Å². The van der Waals surface area contributed by atoms with Crippen molar-refractivity contribution in [3.05, 3.63) is 89.2 Å². The van der Waals surface area contributed by atoms with Crippen LogP contribution >= 0.6 is 0 Å². The van der Waals surface area contributed by atoms with Gasteiger partial charge in [-0.25, -0.2) is 4.39 Å². The fourth-order valence-electron chi connectivity index (χ4n) is 4.23. The quantitative estimate of drug-likeness (QED) is 0.436. The molecule has 0 fully saturated rings. The number of para-hydroxylation sites is 1. The van der Waals surface area contributed by atoms with Crippen LogP contribution in [0, 0.1) is 5.82 Å². The molecule has 166 valence electrons. The number of fused-ring (bicyclic) bond motifs is 1. The number of anilines is 2. The summed E-state index contributed by atoms with van der Waals surface area (Å²) in [5, 5.41) is 3.36. The van der Waals surface area contributed by atoms with E-state index in [1.807, 2.05) is 36.4 Å². The first kappa shape index (κ1) is 21.9. The summed E-state index contributed by atoms with van der Waals surface area (Å²) >= 11 is 0. The first-order chi connectivity index (χ1) is 15.7. The van der Waals surface area contributed by atoms with Gasteiger partial charge >= 0.3 is 0 Å². The molecule has 1 aliphatic rings. The molecule has 1 N–H and O–H groups in total. The number of nitrogens with one attached hydrogen (secondary N) is 1. The molecule has 1 aliphatic heterocycles. The van der Waals surface area contributed by atoms with Crippen molar-refractivity contribution >= 4 is 17.7 Å². The lowest BCUT2D eigenvalue weighted by Crippen LogP contribution is -2.33. The Labute approximate surface area is 189 Å². The Morgan fingerprint density at radius 1 is 1.03 bits per heavy atom. The van der Waals surface area contributed by atoms with E-state index in [0.717, 1.165) is 43.7 Å². The van der Waals surface area contributed by atoms with Gasteiger partial charge in [0.15, 0.2) is 0 Å². The number of hydrogen-bond acceptors (Lipinski definition) is 4. The number of aldehydes is 1. The van der Waals surface area contributed by atoms with Gasteiger partial charge in [0, 0.05) is 30.9 Å². The largest absolute Gasteiger partial charge is 0.492 e. The molecule has 0 aliphatic carbocycles. The van der Waals surface area contributed by atoms with Crippen molar-refractivity contribution in [2.24, 2.45) is 0 Å². The van der Waals surface area contributed by atoms with Crippen LogP contribution in [0.5, 0.6) is 5.75 Å². The third kappa shape index (κ3) is 5.47. The van der Waals surface area contributed by atoms with Gasteiger partial charge in [-0.2, -0.15) is 0 Å². The van der Waals surface area contributed by atoms with Crippen molar-refractivity contribution in [2.45, 2.75) is 32.2 Å². The Morgan fingerprint density at radius 3 is 2.72 bits per heavy atom. The van der Waals surface area contributed by atoms with Crippen molar-refractivity contribution in [3.63, 3.8) is 0 Å². The zero-order chi connectivity index (χ0) is 22.2. The molecule has 3 aromatic carbocycles. The number of hydrogen-bond donors (Lipinski definition) is 1. The van der Waals surface area contributed by atoms with Crippen molar-refractivity contribution in [3.8, 4) is 5.75 Å². The number of nitrogens with zero attached hydrogens (tertiary/aromatic N) is 1. The second-order valence-corrected chi connectivity index (χ2v) is 8.03. The molecule has 0 saturated carbocycles. The molecule has 4 nitrogen and oxygen atoms in total. The lowest BCUT2D eigenvalue weighted by atomic mass is 9.96. The zero-order valence-electron chi connectivity index (χ0n) is 18.2. The van der Waals surface area contributed by atoms with E-state index in [4.69, 9.17) is 4.74 Å². The molecule has 1 heterocycles. The molecule has 0 unspecified atom stereocenters. The van der Waals surface area contributed by atoms with Crippen LogP contribution in [0.3, 0.4) is 0 Å². The molecule has 3 aromatic rings. The van der Waals surface area contributed by atoms with E-state index >= 15 is 0 Å². The second kappa shape index (κ2) is 10.8. The van der Waals surface area contributed by atoms with Gasteiger partial charge in [0.1, 0.15) is 24.5 Å². The fraction of sp³-hybridized carbons (Fsp3) is 0.296. The molecular weight excluding hydrogens is 403 g/mol. The van der Waals surface area contributed by atoms with E-state index in [2.05, 4.69) is 28.4 Å². The highest BCUT2D eigenvalue weighted by Gasteiger charge is 2.19. The van der Waals surface area contributed by atoms with Gasteiger partial charge in [0.2, 0.25) is 0 Å². The van der Waals surface area contributed by atoms with Crippen LogP contribution in [0.15, 0.2) is 66.7 Å². The monoisotopic (exact) mass is 432 g/mol. The van der Waals surface area contributed by atoms with Crippen LogP contribution in [0.25, 0.3) is 0 Å². The van der Waals surface area contributed by atoms with Gasteiger partial charge in [-0.05, 0) is 66.3 Å². The Bertz CT molecular complexity index is 1040. The number of benzene rings is 3. The predicted molar refractivity (Wildman–Crippen MR) is 127 cm³/mol. The highest BCUT2D eigenvalue weighted by atomic mass is 19.1. The van der Waals surface area contributed by atoms with Gasteiger partial charge in [-0.15, -0.1) is 0 Å². The minimum atomic E-state index is -0.267. The van der Waals surface area contributed by atoms with Crippen LogP contribution in [0.2, 0.25) is 0 Å². The minimum absolute atomic E-state index is 0.267. The van der Waals surface area contributed by atoms with E-state index in [1.54, 1.807) is 6.07 Å². The Balaban J connectivity index is 1.39. The van der Waals surface area contributed by atoms with Gasteiger partial charge in [0.25, 0.3) is 0 Å². The standard InChI is InChI=1S/C27H29FN2O2/c28-26-19-23(14-13-21(26)8-6-17-31)29-20-22-7-4-12-27-25(22)11-5-15-30(27)16-18-32-24-9-2-1-3-10-24/h1-4,7,9-10,12-14,17,19,29H,5-6,8,11,15-16,18,20H2. The molecule has 0 atom stereocenters. The molecule has 0 saturated heterocycles. The van der Waals surface area contributed by atoms with Crippen molar-refractivity contribution in [1.29, 1.82) is 0 Å². The van der Waals surface area contributed by atoms with Gasteiger partial charge < -0.3 is 19.7 Å². The molecule has 32 heavy (non-hydrogen) atoms. The Kier molecular flexibility index (Phi) is 7.38. The topological polar surface area (TPSA) is 41.6 Å². The van der Waals surface area contributed by atoms with Gasteiger partial charge in [-0.1, -0.05) is 36.4 Å². The van der Waals surface area contributed by atoms with E-state index in [-0.39, 0.29) is 5.82 Å². The number of carbonyl (C=O) groups is 1. The minimum Gasteiger partial charge on any atom is -0.492 e. The lowest BCUT2D eigenvalue weighted by Gasteiger charge is -2.32. The van der Waals surface area contributed by atoms with Crippen LogP contribution in [-0.2, 0) is 24.2 Å². The number of ether oxygens (including phenoxy) is 1. The summed E-state index contributed by atoms with van der Waals surface area (Å²) in [5.41, 5.74) is 5.19. The first-order valence-electron chi connectivity index (χ1n) is 11.2. The third-order valence-electron chi connectivity index (χ3n) is 5.88. The molecule has 0 radical (unpaired) electrons. The molecule has 0 spiro atoms. The highest BCUT2D eigenvalue weighted by molar-refractivity contribution is 5.59. The summed E-state index contributed by atoms with van der Waals surface area (Å²) in [6, 6.07) is 21.5. The van der Waals surface area contributed by atoms with Gasteiger partial charge in [-0.3, -0.25) is 0 Å². The number of halogens is 1. The van der Waals surface area contributed by atoms with Crippen LogP contribution < -0.4 is 15.0 Å². The van der Waals surface area contributed by atoms with E-state index in [9.17, 15) is 9.18 Å². The highest BCUT2D eigenvalue weighted by Crippen LogP contribution is 2.30. The summed E-state index contributed by atoms with van der Waals surface area (Å²) < 4.78 is 20.2. The maximum atomic E-state index is 14.3. The van der Waals surface area contributed by atoms with E-state index < -0.39 is 0 Å². The average molecular weight is 433 g/mol.